The third kappa shape index (κ3) is 2.38. The summed E-state index contributed by atoms with van der Waals surface area (Å²) in [5, 5.41) is 2.73. The fraction of sp³-hybridized carbons (Fsp3) is 0.333. The summed E-state index contributed by atoms with van der Waals surface area (Å²) in [6.07, 6.45) is 0. The Morgan fingerprint density at radius 3 is 2.82 bits per heavy atom. The van der Waals surface area contributed by atoms with Gasteiger partial charge in [0.2, 0.25) is 5.91 Å². The van der Waals surface area contributed by atoms with Gasteiger partial charge in [-0.05, 0) is 26.0 Å². The van der Waals surface area contributed by atoms with Crippen molar-refractivity contribution in [1.82, 2.24) is 9.88 Å². The fourth-order valence-corrected chi connectivity index (χ4v) is 1.67. The normalized spacial score (nSPS) is 11.0. The summed E-state index contributed by atoms with van der Waals surface area (Å²) in [6.45, 7) is 3.72. The van der Waals surface area contributed by atoms with Crippen LogP contribution in [0.1, 0.15) is 13.8 Å². The molecule has 0 spiro atoms. The van der Waals surface area contributed by atoms with E-state index in [-0.39, 0.29) is 18.5 Å². The van der Waals surface area contributed by atoms with Gasteiger partial charge in [0.05, 0.1) is 5.52 Å². The highest BCUT2D eigenvalue weighted by Crippen LogP contribution is 2.11. The minimum atomic E-state index is -0.509. The Kier molecular flexibility index (Phi) is 2.99. The number of para-hydroxylation sites is 2. The first-order chi connectivity index (χ1) is 8.08. The summed E-state index contributed by atoms with van der Waals surface area (Å²) in [4.78, 5) is 23.2. The van der Waals surface area contributed by atoms with Crippen LogP contribution >= 0.6 is 0 Å². The number of rotatable bonds is 3. The molecule has 0 saturated carbocycles. The average Bonchev–Trinajstić information content (AvgIpc) is 2.55. The molecule has 0 radical (unpaired) electrons. The van der Waals surface area contributed by atoms with Gasteiger partial charge in [-0.3, -0.25) is 9.36 Å². The molecule has 17 heavy (non-hydrogen) atoms. The number of nitrogens with zero attached hydrogens (tertiary/aromatic N) is 1. The van der Waals surface area contributed by atoms with Crippen molar-refractivity contribution in [3.8, 4) is 0 Å². The summed E-state index contributed by atoms with van der Waals surface area (Å²) >= 11 is 0. The first kappa shape index (κ1) is 11.4. The number of hydrogen-bond donors (Lipinski definition) is 1. The molecule has 1 heterocycles. The van der Waals surface area contributed by atoms with Crippen LogP contribution in [-0.4, -0.2) is 16.5 Å². The highest BCUT2D eigenvalue weighted by molar-refractivity contribution is 5.79. The first-order valence-corrected chi connectivity index (χ1v) is 5.45. The molecule has 2 rings (SSSR count). The molecule has 5 nitrogen and oxygen atoms in total. The molecule has 2 aromatic rings. The molecule has 0 saturated heterocycles. The smallest absolute Gasteiger partial charge is 0.408 e. The predicted octanol–water partition coefficient (Wildman–Crippen LogP) is 1.12. The molecule has 0 aliphatic rings. The number of aromatic nitrogens is 1. The molecule has 0 aliphatic carbocycles. The number of hydrogen-bond acceptors (Lipinski definition) is 3. The molecule has 0 unspecified atom stereocenters. The zero-order valence-corrected chi connectivity index (χ0v) is 9.77. The van der Waals surface area contributed by atoms with Crippen LogP contribution in [0.15, 0.2) is 33.5 Å². The second-order valence-electron chi connectivity index (χ2n) is 4.14. The van der Waals surface area contributed by atoms with E-state index in [1.54, 1.807) is 24.3 Å². The molecule has 0 atom stereocenters. The molecule has 5 heteroatoms. The summed E-state index contributed by atoms with van der Waals surface area (Å²) in [6, 6.07) is 7.09. The topological polar surface area (TPSA) is 64.2 Å². The van der Waals surface area contributed by atoms with Crippen molar-refractivity contribution in [3.63, 3.8) is 0 Å². The summed E-state index contributed by atoms with van der Waals surface area (Å²) in [5.74, 6) is -0.709. The minimum Gasteiger partial charge on any atom is -0.408 e. The number of fused-ring (bicyclic) bond motifs is 1. The Hall–Kier alpha value is -2.04. The summed E-state index contributed by atoms with van der Waals surface area (Å²) < 4.78 is 6.36. The van der Waals surface area contributed by atoms with Gasteiger partial charge in [-0.2, -0.15) is 0 Å². The molecule has 1 amide bonds. The average molecular weight is 234 g/mol. The number of nitrogens with one attached hydrogen (secondary N) is 1. The van der Waals surface area contributed by atoms with Gasteiger partial charge in [-0.1, -0.05) is 12.1 Å². The van der Waals surface area contributed by atoms with E-state index in [1.807, 2.05) is 13.8 Å². The van der Waals surface area contributed by atoms with Crippen LogP contribution in [0, 0.1) is 0 Å². The molecule has 0 bridgehead atoms. The van der Waals surface area contributed by atoms with Gasteiger partial charge in [0.1, 0.15) is 6.54 Å². The first-order valence-electron chi connectivity index (χ1n) is 5.45. The molecule has 0 fully saturated rings. The van der Waals surface area contributed by atoms with E-state index in [0.29, 0.717) is 11.1 Å². The van der Waals surface area contributed by atoms with Crippen molar-refractivity contribution in [3.05, 3.63) is 34.8 Å². The van der Waals surface area contributed by atoms with Crippen LogP contribution in [0.5, 0.6) is 0 Å². The van der Waals surface area contributed by atoms with E-state index in [0.717, 1.165) is 0 Å². The van der Waals surface area contributed by atoms with Crippen LogP contribution in [0.25, 0.3) is 11.1 Å². The maximum absolute atomic E-state index is 11.6. The van der Waals surface area contributed by atoms with Crippen LogP contribution in [-0.2, 0) is 11.3 Å². The SMILES string of the molecule is CC(C)NC(=O)Cn1c(=O)oc2ccccc21. The van der Waals surface area contributed by atoms with E-state index in [9.17, 15) is 9.59 Å². The summed E-state index contributed by atoms with van der Waals surface area (Å²) in [7, 11) is 0. The highest BCUT2D eigenvalue weighted by atomic mass is 16.4. The fourth-order valence-electron chi connectivity index (χ4n) is 1.67. The van der Waals surface area contributed by atoms with Crippen molar-refractivity contribution < 1.29 is 9.21 Å². The monoisotopic (exact) mass is 234 g/mol. The van der Waals surface area contributed by atoms with Gasteiger partial charge < -0.3 is 9.73 Å². The lowest BCUT2D eigenvalue weighted by Gasteiger charge is -2.08. The Balaban J connectivity index is 2.32. The largest absolute Gasteiger partial charge is 0.420 e. The molecule has 0 aliphatic heterocycles. The zero-order chi connectivity index (χ0) is 12.4. The van der Waals surface area contributed by atoms with Gasteiger partial charge in [-0.25, -0.2) is 4.79 Å². The lowest BCUT2D eigenvalue weighted by Crippen LogP contribution is -2.35. The van der Waals surface area contributed by atoms with E-state index in [4.69, 9.17) is 4.42 Å². The molecule has 1 aromatic carbocycles. The molecular formula is C12H14N2O3. The van der Waals surface area contributed by atoms with Crippen molar-refractivity contribution in [2.75, 3.05) is 0 Å². The van der Waals surface area contributed by atoms with Gasteiger partial charge >= 0.3 is 5.76 Å². The third-order valence-electron chi connectivity index (χ3n) is 2.33. The second-order valence-corrected chi connectivity index (χ2v) is 4.14. The maximum Gasteiger partial charge on any atom is 0.420 e. The zero-order valence-electron chi connectivity index (χ0n) is 9.77. The van der Waals surface area contributed by atoms with Gasteiger partial charge in [0.25, 0.3) is 0 Å². The van der Waals surface area contributed by atoms with Crippen LogP contribution < -0.4 is 11.1 Å². The van der Waals surface area contributed by atoms with Crippen molar-refractivity contribution in [2.45, 2.75) is 26.4 Å². The van der Waals surface area contributed by atoms with Gasteiger partial charge in [-0.15, -0.1) is 0 Å². The number of oxazole rings is 1. The number of carbonyl (C=O) groups is 1. The standard InChI is InChI=1S/C12H14N2O3/c1-8(2)13-11(15)7-14-9-5-3-4-6-10(9)17-12(14)16/h3-6,8H,7H2,1-2H3,(H,13,15). The summed E-state index contributed by atoms with van der Waals surface area (Å²) in [5.41, 5.74) is 1.13. The van der Waals surface area contributed by atoms with Gasteiger partial charge in [0.15, 0.2) is 5.58 Å². The van der Waals surface area contributed by atoms with Crippen molar-refractivity contribution >= 4 is 17.0 Å². The lowest BCUT2D eigenvalue weighted by molar-refractivity contribution is -0.122. The van der Waals surface area contributed by atoms with Crippen molar-refractivity contribution in [2.24, 2.45) is 0 Å². The molecule has 90 valence electrons. The Labute approximate surface area is 98.0 Å². The Morgan fingerprint density at radius 2 is 2.12 bits per heavy atom. The maximum atomic E-state index is 11.6. The minimum absolute atomic E-state index is 0.0198. The predicted molar refractivity (Wildman–Crippen MR) is 63.8 cm³/mol. The Bertz CT molecular complexity index is 595. The van der Waals surface area contributed by atoms with Crippen LogP contribution in [0.3, 0.4) is 0 Å². The number of benzene rings is 1. The molecule has 1 N–H and O–H groups in total. The van der Waals surface area contributed by atoms with E-state index in [1.165, 1.54) is 4.57 Å². The quantitative estimate of drug-likeness (QED) is 0.865. The number of amides is 1. The van der Waals surface area contributed by atoms with E-state index >= 15 is 0 Å². The number of carbonyl (C=O) groups excluding carboxylic acids is 1. The highest BCUT2D eigenvalue weighted by Gasteiger charge is 2.12. The molecular weight excluding hydrogens is 220 g/mol. The van der Waals surface area contributed by atoms with Crippen molar-refractivity contribution in [1.29, 1.82) is 0 Å². The van der Waals surface area contributed by atoms with Gasteiger partial charge in [0, 0.05) is 6.04 Å². The molecule has 1 aromatic heterocycles. The van der Waals surface area contributed by atoms with Crippen LogP contribution in [0.2, 0.25) is 0 Å². The van der Waals surface area contributed by atoms with E-state index in [2.05, 4.69) is 5.32 Å². The third-order valence-corrected chi connectivity index (χ3v) is 2.33. The lowest BCUT2D eigenvalue weighted by atomic mass is 10.3. The van der Waals surface area contributed by atoms with E-state index < -0.39 is 5.76 Å². The second kappa shape index (κ2) is 4.45. The van der Waals surface area contributed by atoms with Crippen LogP contribution in [0.4, 0.5) is 0 Å². The Morgan fingerprint density at radius 1 is 1.41 bits per heavy atom.